The van der Waals surface area contributed by atoms with E-state index in [1.807, 2.05) is 0 Å². The van der Waals surface area contributed by atoms with Crippen molar-refractivity contribution in [3.05, 3.63) is 35.1 Å². The molecule has 0 aliphatic heterocycles. The van der Waals surface area contributed by atoms with Gasteiger partial charge in [0.25, 0.3) is 0 Å². The molecule has 0 aliphatic rings. The van der Waals surface area contributed by atoms with E-state index in [1.165, 1.54) is 19.1 Å². The number of carbonyl (C=O) groups excluding carboxylic acids is 1. The van der Waals surface area contributed by atoms with Gasteiger partial charge in [0.05, 0.1) is 11.7 Å². The number of aliphatic hydroxyl groups is 2. The lowest BCUT2D eigenvalue weighted by atomic mass is 9.98. The minimum atomic E-state index is -1.35. The molecule has 0 saturated heterocycles. The topological polar surface area (TPSA) is 81.3 Å². The summed E-state index contributed by atoms with van der Waals surface area (Å²) in [5, 5.41) is 28.5. The highest BCUT2D eigenvalue weighted by molar-refractivity contribution is 8.13. The quantitative estimate of drug-likeness (QED) is 0.860. The van der Waals surface area contributed by atoms with Crippen LogP contribution in [0.4, 0.5) is 4.39 Å². The molecule has 2 unspecified atom stereocenters. The highest BCUT2D eigenvalue weighted by Gasteiger charge is 2.22. The summed E-state index contributed by atoms with van der Waals surface area (Å²) in [7, 11) is 0. The third-order valence-electron chi connectivity index (χ3n) is 2.56. The summed E-state index contributed by atoms with van der Waals surface area (Å²) in [5.41, 5.74) is -0.212. The van der Waals surface area contributed by atoms with Gasteiger partial charge < -0.3 is 10.2 Å². The van der Waals surface area contributed by atoms with Crippen molar-refractivity contribution in [2.24, 2.45) is 0 Å². The first-order valence-electron chi connectivity index (χ1n) is 5.65. The van der Waals surface area contributed by atoms with E-state index in [9.17, 15) is 19.4 Å². The van der Waals surface area contributed by atoms with Crippen LogP contribution in [0.3, 0.4) is 0 Å². The molecule has 1 rings (SSSR count). The summed E-state index contributed by atoms with van der Waals surface area (Å²) < 4.78 is 13.4. The number of hydrogen-bond acceptors (Lipinski definition) is 5. The summed E-state index contributed by atoms with van der Waals surface area (Å²) in [6, 6.07) is 5.55. The Kier molecular flexibility index (Phi) is 5.96. The molecule has 0 radical (unpaired) electrons. The zero-order valence-electron chi connectivity index (χ0n) is 10.3. The lowest BCUT2D eigenvalue weighted by molar-refractivity contribution is -0.109. The van der Waals surface area contributed by atoms with E-state index in [2.05, 4.69) is 0 Å². The molecule has 0 spiro atoms. The van der Waals surface area contributed by atoms with Gasteiger partial charge in [0.2, 0.25) is 0 Å². The maximum absolute atomic E-state index is 13.4. The maximum atomic E-state index is 13.4. The van der Waals surface area contributed by atoms with E-state index in [1.54, 1.807) is 6.07 Å². The fourth-order valence-electron chi connectivity index (χ4n) is 1.59. The van der Waals surface area contributed by atoms with Crippen LogP contribution in [0, 0.1) is 17.1 Å². The van der Waals surface area contributed by atoms with Gasteiger partial charge in [-0.05, 0) is 12.5 Å². The number of halogens is 1. The van der Waals surface area contributed by atoms with Crippen LogP contribution in [-0.4, -0.2) is 27.2 Å². The van der Waals surface area contributed by atoms with Crippen molar-refractivity contribution in [3.63, 3.8) is 0 Å². The van der Waals surface area contributed by atoms with E-state index in [4.69, 9.17) is 5.26 Å². The molecule has 0 saturated carbocycles. The molecule has 4 nitrogen and oxygen atoms in total. The average Bonchev–Trinajstić information content (AvgIpc) is 2.37. The Morgan fingerprint density at radius 2 is 2.21 bits per heavy atom. The fourth-order valence-corrected chi connectivity index (χ4v) is 2.24. The van der Waals surface area contributed by atoms with Gasteiger partial charge in [0.15, 0.2) is 5.12 Å². The zero-order chi connectivity index (χ0) is 14.4. The molecule has 1 aromatic rings. The van der Waals surface area contributed by atoms with Crippen LogP contribution in [0.2, 0.25) is 0 Å². The smallest absolute Gasteiger partial charge is 0.185 e. The predicted octanol–water partition coefficient (Wildman–Crippen LogP) is 1.76. The van der Waals surface area contributed by atoms with Gasteiger partial charge in [-0.25, -0.2) is 4.39 Å². The van der Waals surface area contributed by atoms with E-state index in [0.717, 1.165) is 17.8 Å². The Balaban J connectivity index is 2.77. The first-order valence-corrected chi connectivity index (χ1v) is 6.64. The number of hydrogen-bond donors (Lipinski definition) is 2. The number of aliphatic hydroxyl groups excluding tert-OH is 2. The summed E-state index contributed by atoms with van der Waals surface area (Å²) in [6.45, 7) is 1.41. The van der Waals surface area contributed by atoms with Gasteiger partial charge in [-0.1, -0.05) is 23.9 Å². The number of thioether (sulfide) groups is 1. The molecule has 1 aromatic carbocycles. The number of benzene rings is 1. The van der Waals surface area contributed by atoms with Crippen LogP contribution in [0.25, 0.3) is 0 Å². The highest BCUT2D eigenvalue weighted by Crippen LogP contribution is 2.25. The van der Waals surface area contributed by atoms with Crippen LogP contribution in [0.5, 0.6) is 0 Å². The minimum absolute atomic E-state index is 0.0582. The Morgan fingerprint density at radius 1 is 1.53 bits per heavy atom. The fraction of sp³-hybridized carbons (Fsp3) is 0.385. The molecule has 0 aromatic heterocycles. The summed E-state index contributed by atoms with van der Waals surface area (Å²) in [4.78, 5) is 10.7. The Morgan fingerprint density at radius 3 is 2.79 bits per heavy atom. The van der Waals surface area contributed by atoms with Crippen molar-refractivity contribution in [3.8, 4) is 6.07 Å². The van der Waals surface area contributed by atoms with E-state index < -0.39 is 18.0 Å². The van der Waals surface area contributed by atoms with Crippen molar-refractivity contribution < 1.29 is 19.4 Å². The summed E-state index contributed by atoms with van der Waals surface area (Å²) in [5.74, 6) is -0.380. The Bertz CT molecular complexity index is 501. The normalized spacial score (nSPS) is 13.6. The van der Waals surface area contributed by atoms with Crippen LogP contribution in [-0.2, 0) is 4.79 Å². The Hall–Kier alpha value is -1.42. The molecular weight excluding hydrogens is 269 g/mol. The molecule has 2 N–H and O–H groups in total. The second-order valence-corrected chi connectivity index (χ2v) is 5.23. The molecule has 0 aliphatic carbocycles. The number of nitrogens with zero attached hydrogens (tertiary/aromatic N) is 1. The van der Waals surface area contributed by atoms with E-state index in [-0.39, 0.29) is 22.7 Å². The zero-order valence-corrected chi connectivity index (χ0v) is 11.2. The van der Waals surface area contributed by atoms with Gasteiger partial charge >= 0.3 is 0 Å². The van der Waals surface area contributed by atoms with Crippen LogP contribution in [0.15, 0.2) is 18.2 Å². The van der Waals surface area contributed by atoms with E-state index in [0.29, 0.717) is 5.75 Å². The lowest BCUT2D eigenvalue weighted by Crippen LogP contribution is -2.20. The first kappa shape index (κ1) is 15.6. The third-order valence-corrected chi connectivity index (χ3v) is 3.41. The number of nitriles is 1. The molecule has 102 valence electrons. The molecule has 0 bridgehead atoms. The third kappa shape index (κ3) is 4.31. The van der Waals surface area contributed by atoms with Gasteiger partial charge in [-0.15, -0.1) is 0 Å². The van der Waals surface area contributed by atoms with Gasteiger partial charge in [0, 0.05) is 18.2 Å². The number of rotatable bonds is 5. The van der Waals surface area contributed by atoms with Crippen LogP contribution in [0.1, 0.15) is 30.6 Å². The lowest BCUT2D eigenvalue weighted by Gasteiger charge is -2.18. The van der Waals surface area contributed by atoms with Crippen molar-refractivity contribution >= 4 is 16.9 Å². The maximum Gasteiger partial charge on any atom is 0.185 e. The highest BCUT2D eigenvalue weighted by atomic mass is 32.2. The molecule has 2 atom stereocenters. The number of carbonyl (C=O) groups is 1. The summed E-state index contributed by atoms with van der Waals surface area (Å²) in [6.07, 6.45) is -2.33. The molecule has 0 heterocycles. The predicted molar refractivity (Wildman–Crippen MR) is 69.8 cm³/mol. The standard InChI is InChI=1S/C13H14FNO3S/c1-8(16)19-6-5-12(17)13(18)9-3-2-4-11(14)10(9)7-15/h2-4,12-13,17-18H,5-6H2,1H3. The van der Waals surface area contributed by atoms with Crippen molar-refractivity contribution in [2.45, 2.75) is 25.6 Å². The minimum Gasteiger partial charge on any atom is -0.390 e. The second-order valence-electron chi connectivity index (χ2n) is 3.96. The SMILES string of the molecule is CC(=O)SCCC(O)C(O)c1cccc(F)c1C#N. The first-order chi connectivity index (χ1) is 8.97. The van der Waals surface area contributed by atoms with Crippen LogP contribution >= 0.6 is 11.8 Å². The average molecular weight is 283 g/mol. The molecule has 0 fully saturated rings. The Labute approximate surface area is 114 Å². The van der Waals surface area contributed by atoms with Gasteiger partial charge in [0.1, 0.15) is 18.0 Å². The molecule has 6 heteroatoms. The largest absolute Gasteiger partial charge is 0.390 e. The second kappa shape index (κ2) is 7.24. The molecule has 0 amide bonds. The summed E-state index contributed by atoms with van der Waals surface area (Å²) >= 11 is 1.04. The van der Waals surface area contributed by atoms with Gasteiger partial charge in [-0.3, -0.25) is 4.79 Å². The molecular formula is C13H14FNO3S. The van der Waals surface area contributed by atoms with Crippen molar-refractivity contribution in [1.82, 2.24) is 0 Å². The van der Waals surface area contributed by atoms with Crippen molar-refractivity contribution in [1.29, 1.82) is 5.26 Å². The van der Waals surface area contributed by atoms with Gasteiger partial charge in [-0.2, -0.15) is 5.26 Å². The van der Waals surface area contributed by atoms with E-state index >= 15 is 0 Å². The van der Waals surface area contributed by atoms with Crippen LogP contribution < -0.4 is 0 Å². The monoisotopic (exact) mass is 283 g/mol. The van der Waals surface area contributed by atoms with Crippen molar-refractivity contribution in [2.75, 3.05) is 5.75 Å². The molecule has 19 heavy (non-hydrogen) atoms.